The smallest absolute Gasteiger partial charge is 0.123 e. The van der Waals surface area contributed by atoms with Crippen molar-refractivity contribution in [2.24, 2.45) is 5.73 Å². The molecule has 0 radical (unpaired) electrons. The van der Waals surface area contributed by atoms with Crippen molar-refractivity contribution >= 4 is 0 Å². The molecule has 0 bridgehead atoms. The summed E-state index contributed by atoms with van der Waals surface area (Å²) in [4.78, 5) is 2.15. The van der Waals surface area contributed by atoms with Gasteiger partial charge in [-0.2, -0.15) is 0 Å². The Bertz CT molecular complexity index is 340. The molecular formula is C14H23FN2O. The average molecular weight is 254 g/mol. The maximum atomic E-state index is 12.9. The number of hydrogen-bond donors (Lipinski definition) is 1. The van der Waals surface area contributed by atoms with Gasteiger partial charge in [0.2, 0.25) is 0 Å². The molecule has 3 nitrogen and oxygen atoms in total. The molecule has 0 amide bonds. The zero-order valence-electron chi connectivity index (χ0n) is 11.4. The Morgan fingerprint density at radius 2 is 1.94 bits per heavy atom. The van der Waals surface area contributed by atoms with Gasteiger partial charge in [-0.1, -0.05) is 12.1 Å². The number of benzene rings is 1. The van der Waals surface area contributed by atoms with Crippen molar-refractivity contribution < 1.29 is 9.13 Å². The van der Waals surface area contributed by atoms with Crippen LogP contribution in [0.5, 0.6) is 0 Å². The molecule has 18 heavy (non-hydrogen) atoms. The molecule has 2 N–H and O–H groups in total. The molecule has 0 aromatic heterocycles. The minimum absolute atomic E-state index is 0.0258. The molecule has 0 fully saturated rings. The monoisotopic (exact) mass is 254 g/mol. The lowest BCUT2D eigenvalue weighted by Gasteiger charge is -2.31. The second-order valence-electron chi connectivity index (χ2n) is 4.53. The number of halogens is 1. The molecule has 1 rings (SSSR count). The van der Waals surface area contributed by atoms with Crippen LogP contribution in [0.3, 0.4) is 0 Å². The average Bonchev–Trinajstić information content (AvgIpc) is 2.32. The van der Waals surface area contributed by atoms with Crippen molar-refractivity contribution in [2.45, 2.75) is 25.9 Å². The summed E-state index contributed by atoms with van der Waals surface area (Å²) in [5.74, 6) is -0.223. The van der Waals surface area contributed by atoms with Gasteiger partial charge in [0.25, 0.3) is 0 Å². The Balaban J connectivity index is 2.72. The van der Waals surface area contributed by atoms with Crippen LogP contribution in [0.15, 0.2) is 24.3 Å². The Labute approximate surface area is 109 Å². The van der Waals surface area contributed by atoms with E-state index in [0.29, 0.717) is 13.2 Å². The number of likely N-dealkylation sites (N-methyl/N-ethyl adjacent to an activating group) is 1. The van der Waals surface area contributed by atoms with Crippen LogP contribution in [0.1, 0.15) is 25.5 Å². The molecule has 1 aromatic carbocycles. The normalized spacial score (nSPS) is 14.8. The van der Waals surface area contributed by atoms with Crippen LogP contribution in [0.25, 0.3) is 0 Å². The van der Waals surface area contributed by atoms with Crippen molar-refractivity contribution in [3.8, 4) is 0 Å². The lowest BCUT2D eigenvalue weighted by atomic mass is 9.99. The van der Waals surface area contributed by atoms with Gasteiger partial charge in [0.1, 0.15) is 5.82 Å². The van der Waals surface area contributed by atoms with Crippen LogP contribution in [-0.4, -0.2) is 37.7 Å². The van der Waals surface area contributed by atoms with E-state index >= 15 is 0 Å². The molecule has 2 atom stereocenters. The minimum Gasteiger partial charge on any atom is -0.380 e. The minimum atomic E-state index is -0.223. The van der Waals surface area contributed by atoms with Crippen molar-refractivity contribution in [2.75, 3.05) is 26.8 Å². The lowest BCUT2D eigenvalue weighted by Crippen LogP contribution is -2.38. The summed E-state index contributed by atoms with van der Waals surface area (Å²) in [5.41, 5.74) is 7.07. The van der Waals surface area contributed by atoms with E-state index in [9.17, 15) is 4.39 Å². The van der Waals surface area contributed by atoms with E-state index in [1.54, 1.807) is 12.1 Å². The number of rotatable bonds is 7. The van der Waals surface area contributed by atoms with E-state index in [1.807, 2.05) is 20.9 Å². The maximum Gasteiger partial charge on any atom is 0.123 e. The van der Waals surface area contributed by atoms with Crippen LogP contribution >= 0.6 is 0 Å². The Morgan fingerprint density at radius 3 is 2.44 bits per heavy atom. The number of ether oxygens (including phenoxy) is 1. The predicted molar refractivity (Wildman–Crippen MR) is 71.9 cm³/mol. The third-order valence-electron chi connectivity index (χ3n) is 2.98. The predicted octanol–water partition coefficient (Wildman–Crippen LogP) is 2.18. The summed E-state index contributed by atoms with van der Waals surface area (Å²) in [5, 5.41) is 0. The van der Waals surface area contributed by atoms with Crippen molar-refractivity contribution in [3.05, 3.63) is 35.6 Å². The Morgan fingerprint density at radius 1 is 1.33 bits per heavy atom. The summed E-state index contributed by atoms with van der Waals surface area (Å²) in [6.45, 7) is 6.14. The molecule has 0 saturated carbocycles. The highest BCUT2D eigenvalue weighted by atomic mass is 19.1. The standard InChI is InChI=1S/C14H23FN2O/c1-4-18-10-9-17(3)14(11(2)16)12-5-7-13(15)8-6-12/h5-8,11,14H,4,9-10,16H2,1-3H3. The molecule has 4 heteroatoms. The van der Waals surface area contributed by atoms with Crippen molar-refractivity contribution in [3.63, 3.8) is 0 Å². The summed E-state index contributed by atoms with van der Waals surface area (Å²) >= 11 is 0. The molecule has 1 aromatic rings. The summed E-state index contributed by atoms with van der Waals surface area (Å²) < 4.78 is 18.3. The van der Waals surface area contributed by atoms with E-state index in [4.69, 9.17) is 10.5 Å². The third-order valence-corrected chi connectivity index (χ3v) is 2.98. The fourth-order valence-electron chi connectivity index (χ4n) is 2.11. The molecule has 0 aliphatic carbocycles. The first kappa shape index (κ1) is 15.1. The molecule has 0 spiro atoms. The van der Waals surface area contributed by atoms with E-state index in [-0.39, 0.29) is 17.9 Å². The van der Waals surface area contributed by atoms with Gasteiger partial charge < -0.3 is 10.5 Å². The highest BCUT2D eigenvalue weighted by Crippen LogP contribution is 2.22. The van der Waals surface area contributed by atoms with Gasteiger partial charge in [0.05, 0.1) is 6.61 Å². The van der Waals surface area contributed by atoms with Gasteiger partial charge in [-0.3, -0.25) is 4.90 Å². The molecule has 0 aliphatic rings. The van der Waals surface area contributed by atoms with Crippen LogP contribution < -0.4 is 5.73 Å². The SMILES string of the molecule is CCOCCN(C)C(c1ccc(F)cc1)C(C)N. The highest BCUT2D eigenvalue weighted by molar-refractivity contribution is 5.21. The van der Waals surface area contributed by atoms with Gasteiger partial charge in [-0.25, -0.2) is 4.39 Å². The first-order chi connectivity index (χ1) is 8.56. The quantitative estimate of drug-likeness (QED) is 0.758. The fraction of sp³-hybridized carbons (Fsp3) is 0.571. The van der Waals surface area contributed by atoms with Gasteiger partial charge >= 0.3 is 0 Å². The van der Waals surface area contributed by atoms with Gasteiger partial charge in [-0.05, 0) is 38.6 Å². The lowest BCUT2D eigenvalue weighted by molar-refractivity contribution is 0.102. The molecular weight excluding hydrogens is 231 g/mol. The maximum absolute atomic E-state index is 12.9. The number of nitrogens with zero attached hydrogens (tertiary/aromatic N) is 1. The largest absolute Gasteiger partial charge is 0.380 e. The van der Waals surface area contributed by atoms with E-state index in [2.05, 4.69) is 4.90 Å². The summed E-state index contributed by atoms with van der Waals surface area (Å²) in [6, 6.07) is 6.58. The van der Waals surface area contributed by atoms with Gasteiger partial charge in [0.15, 0.2) is 0 Å². The second kappa shape index (κ2) is 7.46. The zero-order chi connectivity index (χ0) is 13.5. The van der Waals surface area contributed by atoms with Crippen molar-refractivity contribution in [1.29, 1.82) is 0 Å². The third kappa shape index (κ3) is 4.37. The summed E-state index contributed by atoms with van der Waals surface area (Å²) in [6.07, 6.45) is 0. The van der Waals surface area contributed by atoms with Gasteiger partial charge in [-0.15, -0.1) is 0 Å². The number of nitrogens with two attached hydrogens (primary N) is 1. The molecule has 0 saturated heterocycles. The van der Waals surface area contributed by atoms with Crippen LogP contribution in [0.4, 0.5) is 4.39 Å². The summed E-state index contributed by atoms with van der Waals surface area (Å²) in [7, 11) is 2.01. The Kier molecular flexibility index (Phi) is 6.25. The molecule has 102 valence electrons. The number of hydrogen-bond acceptors (Lipinski definition) is 3. The Hall–Kier alpha value is -0.970. The fourth-order valence-corrected chi connectivity index (χ4v) is 2.11. The van der Waals surface area contributed by atoms with Gasteiger partial charge in [0, 0.05) is 25.2 Å². The van der Waals surface area contributed by atoms with Crippen LogP contribution in [0.2, 0.25) is 0 Å². The van der Waals surface area contributed by atoms with Crippen molar-refractivity contribution in [1.82, 2.24) is 4.90 Å². The van der Waals surface area contributed by atoms with E-state index in [0.717, 1.165) is 12.1 Å². The second-order valence-corrected chi connectivity index (χ2v) is 4.53. The first-order valence-corrected chi connectivity index (χ1v) is 6.35. The first-order valence-electron chi connectivity index (χ1n) is 6.35. The topological polar surface area (TPSA) is 38.5 Å². The van der Waals surface area contributed by atoms with E-state index < -0.39 is 0 Å². The van der Waals surface area contributed by atoms with Crippen LogP contribution in [0, 0.1) is 5.82 Å². The zero-order valence-corrected chi connectivity index (χ0v) is 11.4. The van der Waals surface area contributed by atoms with E-state index in [1.165, 1.54) is 12.1 Å². The highest BCUT2D eigenvalue weighted by Gasteiger charge is 2.20. The molecule has 0 heterocycles. The molecule has 2 unspecified atom stereocenters. The van der Waals surface area contributed by atoms with Crippen LogP contribution in [-0.2, 0) is 4.74 Å². The molecule has 0 aliphatic heterocycles.